The second kappa shape index (κ2) is 17.9. The van der Waals surface area contributed by atoms with E-state index >= 15 is 0 Å². The SMILES string of the molecule is c1ccc(-c2nc(-c3ccccc3)nc(-c3cccc(-c4cccc(-c5cccc6oc7ccc(-c8ccc9c(c8)c8ccccc8n9-c8nc(-c9ccccc9)nc(-c9ccccc9)n8)cc7c56)c4)c3)n2)cc1. The molecule has 346 valence electrons. The van der Waals surface area contributed by atoms with Crippen molar-refractivity contribution in [3.8, 4) is 96.3 Å². The van der Waals surface area contributed by atoms with E-state index in [-0.39, 0.29) is 0 Å². The topological polar surface area (TPSA) is 95.4 Å². The molecule has 0 aliphatic heterocycles. The molecule has 0 aliphatic carbocycles. The molecule has 0 aliphatic rings. The van der Waals surface area contributed by atoms with Crippen molar-refractivity contribution in [1.29, 1.82) is 0 Å². The second-order valence-electron chi connectivity index (χ2n) is 18.3. The van der Waals surface area contributed by atoms with Crippen molar-refractivity contribution < 1.29 is 4.42 Å². The minimum absolute atomic E-state index is 0.560. The Kier molecular flexibility index (Phi) is 10.3. The van der Waals surface area contributed by atoms with Gasteiger partial charge in [-0.1, -0.05) is 200 Å². The van der Waals surface area contributed by atoms with E-state index in [0.29, 0.717) is 35.1 Å². The summed E-state index contributed by atoms with van der Waals surface area (Å²) in [5.41, 5.74) is 14.8. The van der Waals surface area contributed by atoms with Crippen molar-refractivity contribution in [2.24, 2.45) is 0 Å². The molecule has 0 radical (unpaired) electrons. The molecular formula is C66H41N7O. The molecule has 4 aromatic heterocycles. The number of rotatable bonds is 9. The van der Waals surface area contributed by atoms with Gasteiger partial charge in [-0.05, 0) is 81.9 Å². The molecule has 8 heteroatoms. The number of hydrogen-bond donors (Lipinski definition) is 0. The first-order valence-electron chi connectivity index (χ1n) is 24.6. The molecule has 14 aromatic rings. The lowest BCUT2D eigenvalue weighted by molar-refractivity contribution is 0.669. The molecule has 0 N–H and O–H groups in total. The normalized spacial score (nSPS) is 11.5. The molecule has 0 saturated heterocycles. The smallest absolute Gasteiger partial charge is 0.238 e. The van der Waals surface area contributed by atoms with Gasteiger partial charge in [0.2, 0.25) is 5.95 Å². The molecule has 4 heterocycles. The van der Waals surface area contributed by atoms with Crippen LogP contribution in [0.15, 0.2) is 253 Å². The van der Waals surface area contributed by atoms with Crippen LogP contribution in [0.1, 0.15) is 0 Å². The van der Waals surface area contributed by atoms with Crippen molar-refractivity contribution in [3.63, 3.8) is 0 Å². The van der Waals surface area contributed by atoms with Crippen LogP contribution in [-0.2, 0) is 0 Å². The van der Waals surface area contributed by atoms with Gasteiger partial charge in [-0.2, -0.15) is 9.97 Å². The Morgan fingerprint density at radius 3 is 1.27 bits per heavy atom. The average molecular weight is 948 g/mol. The highest BCUT2D eigenvalue weighted by Gasteiger charge is 2.20. The molecular weight excluding hydrogens is 907 g/mol. The first-order valence-corrected chi connectivity index (χ1v) is 24.6. The van der Waals surface area contributed by atoms with Gasteiger partial charge in [-0.15, -0.1) is 0 Å². The third-order valence-corrected chi connectivity index (χ3v) is 13.7. The van der Waals surface area contributed by atoms with Crippen LogP contribution < -0.4 is 0 Å². The van der Waals surface area contributed by atoms with Crippen LogP contribution in [0.3, 0.4) is 0 Å². The van der Waals surface area contributed by atoms with E-state index in [2.05, 4.69) is 132 Å². The lowest BCUT2D eigenvalue weighted by Crippen LogP contribution is -2.06. The number of nitrogens with zero attached hydrogens (tertiary/aromatic N) is 7. The number of aromatic nitrogens is 7. The monoisotopic (exact) mass is 947 g/mol. The standard InChI is InChI=1S/C66H41N7O/c1-5-18-42(19-6-1)61-67-62(43-20-7-2-8-21-43)69-65(68-61)51-29-16-27-47(39-51)46-26-15-28-50(38-46)52-31-17-33-59-60(52)55-41-49(35-37-58(55)74-59)48-34-36-57-54(40-48)53-30-13-14-32-56(53)73(57)66-71-63(44-22-9-3-10-23-44)70-64(72-66)45-24-11-4-12-25-45/h1-41H. The lowest BCUT2D eigenvalue weighted by Gasteiger charge is -2.11. The fourth-order valence-electron chi connectivity index (χ4n) is 10.2. The van der Waals surface area contributed by atoms with Gasteiger partial charge in [0.1, 0.15) is 11.2 Å². The largest absolute Gasteiger partial charge is 0.456 e. The Labute approximate surface area is 425 Å². The fraction of sp³-hybridized carbons (Fsp3) is 0. The number of hydrogen-bond acceptors (Lipinski definition) is 7. The van der Waals surface area contributed by atoms with Crippen molar-refractivity contribution in [3.05, 3.63) is 249 Å². The van der Waals surface area contributed by atoms with Gasteiger partial charge >= 0.3 is 0 Å². The third kappa shape index (κ3) is 7.66. The van der Waals surface area contributed by atoms with E-state index in [0.717, 1.165) is 105 Å². The van der Waals surface area contributed by atoms with Crippen molar-refractivity contribution >= 4 is 43.7 Å². The predicted octanol–water partition coefficient (Wildman–Crippen LogP) is 16.4. The zero-order valence-electron chi connectivity index (χ0n) is 39.7. The molecule has 0 spiro atoms. The summed E-state index contributed by atoms with van der Waals surface area (Å²) in [4.78, 5) is 30.2. The fourth-order valence-corrected chi connectivity index (χ4v) is 10.2. The van der Waals surface area contributed by atoms with Crippen LogP contribution in [0.4, 0.5) is 0 Å². The molecule has 0 unspecified atom stereocenters. The van der Waals surface area contributed by atoms with E-state index in [4.69, 9.17) is 34.3 Å². The zero-order chi connectivity index (χ0) is 49.0. The highest BCUT2D eigenvalue weighted by atomic mass is 16.3. The molecule has 8 nitrogen and oxygen atoms in total. The third-order valence-electron chi connectivity index (χ3n) is 13.7. The van der Waals surface area contributed by atoms with Crippen LogP contribution in [-0.4, -0.2) is 34.5 Å². The molecule has 74 heavy (non-hydrogen) atoms. The first kappa shape index (κ1) is 42.7. The summed E-state index contributed by atoms with van der Waals surface area (Å²) in [7, 11) is 0. The van der Waals surface area contributed by atoms with Crippen molar-refractivity contribution in [1.82, 2.24) is 34.5 Å². The van der Waals surface area contributed by atoms with Gasteiger partial charge in [-0.25, -0.2) is 19.9 Å². The summed E-state index contributed by atoms with van der Waals surface area (Å²) in [5, 5.41) is 4.33. The number of para-hydroxylation sites is 1. The van der Waals surface area contributed by atoms with E-state index < -0.39 is 0 Å². The predicted molar refractivity (Wildman–Crippen MR) is 298 cm³/mol. The van der Waals surface area contributed by atoms with Crippen LogP contribution in [0, 0.1) is 0 Å². The van der Waals surface area contributed by atoms with Gasteiger partial charge < -0.3 is 4.42 Å². The summed E-state index contributed by atoms with van der Waals surface area (Å²) in [6, 6.07) is 85.5. The van der Waals surface area contributed by atoms with E-state index in [9.17, 15) is 0 Å². The maximum Gasteiger partial charge on any atom is 0.238 e. The molecule has 0 bridgehead atoms. The van der Waals surface area contributed by atoms with E-state index in [1.165, 1.54) is 0 Å². The Balaban J connectivity index is 0.847. The molecule has 0 fully saturated rings. The van der Waals surface area contributed by atoms with Gasteiger partial charge in [0.25, 0.3) is 0 Å². The summed E-state index contributed by atoms with van der Waals surface area (Å²) in [5.74, 6) is 3.67. The minimum atomic E-state index is 0.560. The van der Waals surface area contributed by atoms with Gasteiger partial charge in [0.15, 0.2) is 29.1 Å². The molecule has 10 aromatic carbocycles. The lowest BCUT2D eigenvalue weighted by atomic mass is 9.94. The summed E-state index contributed by atoms with van der Waals surface area (Å²) < 4.78 is 8.75. The number of fused-ring (bicyclic) bond motifs is 6. The van der Waals surface area contributed by atoms with Crippen molar-refractivity contribution in [2.45, 2.75) is 0 Å². The highest BCUT2D eigenvalue weighted by Crippen LogP contribution is 2.41. The Hall–Kier alpha value is -10.2. The minimum Gasteiger partial charge on any atom is -0.456 e. The highest BCUT2D eigenvalue weighted by molar-refractivity contribution is 6.14. The second-order valence-corrected chi connectivity index (χ2v) is 18.3. The maximum absolute atomic E-state index is 6.59. The van der Waals surface area contributed by atoms with Crippen LogP contribution in [0.5, 0.6) is 0 Å². The van der Waals surface area contributed by atoms with E-state index in [1.807, 2.05) is 121 Å². The Bertz CT molecular complexity index is 4300. The molecule has 0 saturated carbocycles. The van der Waals surface area contributed by atoms with Gasteiger partial charge in [0, 0.05) is 49.4 Å². The number of benzene rings is 10. The van der Waals surface area contributed by atoms with E-state index in [1.54, 1.807) is 0 Å². The molecule has 0 atom stereocenters. The van der Waals surface area contributed by atoms with Crippen LogP contribution >= 0.6 is 0 Å². The number of furan rings is 1. The molecule has 14 rings (SSSR count). The quantitative estimate of drug-likeness (QED) is 0.142. The van der Waals surface area contributed by atoms with Gasteiger partial charge in [-0.3, -0.25) is 4.57 Å². The zero-order valence-corrected chi connectivity index (χ0v) is 39.7. The molecule has 0 amide bonds. The first-order chi connectivity index (χ1) is 36.6. The Morgan fingerprint density at radius 2 is 0.676 bits per heavy atom. The maximum atomic E-state index is 6.59. The average Bonchev–Trinajstić information content (AvgIpc) is 4.03. The van der Waals surface area contributed by atoms with Crippen LogP contribution in [0.25, 0.3) is 140 Å². The van der Waals surface area contributed by atoms with Crippen molar-refractivity contribution in [2.75, 3.05) is 0 Å². The Morgan fingerprint density at radius 1 is 0.257 bits per heavy atom. The summed E-state index contributed by atoms with van der Waals surface area (Å²) >= 11 is 0. The van der Waals surface area contributed by atoms with Crippen LogP contribution in [0.2, 0.25) is 0 Å². The summed E-state index contributed by atoms with van der Waals surface area (Å²) in [6.45, 7) is 0. The van der Waals surface area contributed by atoms with Gasteiger partial charge in [0.05, 0.1) is 11.0 Å². The summed E-state index contributed by atoms with van der Waals surface area (Å²) in [6.07, 6.45) is 0.